The second-order valence-corrected chi connectivity index (χ2v) is 8.03. The van der Waals surface area contributed by atoms with Crippen molar-refractivity contribution < 1.29 is 9.21 Å². The van der Waals surface area contributed by atoms with Gasteiger partial charge in [-0.3, -0.25) is 4.79 Å². The van der Waals surface area contributed by atoms with Crippen molar-refractivity contribution >= 4 is 22.4 Å². The van der Waals surface area contributed by atoms with Gasteiger partial charge in [0.25, 0.3) is 5.91 Å². The number of aromatic nitrogens is 1. The number of anilines is 1. The third kappa shape index (κ3) is 4.81. The number of nitrogens with zero attached hydrogens (tertiary/aromatic N) is 2. The van der Waals surface area contributed by atoms with Crippen LogP contribution in [0.2, 0.25) is 0 Å². The van der Waals surface area contributed by atoms with Gasteiger partial charge in [-0.05, 0) is 54.4 Å². The maximum atomic E-state index is 13.1. The summed E-state index contributed by atoms with van der Waals surface area (Å²) >= 11 is 0. The van der Waals surface area contributed by atoms with Crippen molar-refractivity contribution in [3.63, 3.8) is 0 Å². The van der Waals surface area contributed by atoms with Crippen molar-refractivity contribution in [2.75, 3.05) is 25.5 Å². The normalized spacial score (nSPS) is 12.0. The fraction of sp³-hybridized carbons (Fsp3) is 0.231. The number of nitrogens with one attached hydrogen (secondary N) is 1. The number of rotatable bonds is 8. The van der Waals surface area contributed by atoms with Crippen LogP contribution in [0.3, 0.4) is 0 Å². The van der Waals surface area contributed by atoms with Crippen molar-refractivity contribution in [2.24, 2.45) is 5.73 Å². The highest BCUT2D eigenvalue weighted by Gasteiger charge is 2.21. The number of carbonyl (C=O) groups excluding carboxylic acids is 1. The third-order valence-corrected chi connectivity index (χ3v) is 5.48. The zero-order valence-electron chi connectivity index (χ0n) is 18.4. The first-order chi connectivity index (χ1) is 15.5. The van der Waals surface area contributed by atoms with Crippen LogP contribution in [0.1, 0.15) is 35.1 Å². The van der Waals surface area contributed by atoms with Crippen molar-refractivity contribution in [1.82, 2.24) is 10.3 Å². The van der Waals surface area contributed by atoms with E-state index in [0.29, 0.717) is 30.2 Å². The predicted octanol–water partition coefficient (Wildman–Crippen LogP) is 4.77. The largest absolute Gasteiger partial charge is 0.438 e. The summed E-state index contributed by atoms with van der Waals surface area (Å²) in [6.07, 6.45) is 3.10. The fourth-order valence-electron chi connectivity index (χ4n) is 3.66. The fourth-order valence-corrected chi connectivity index (χ4v) is 3.66. The summed E-state index contributed by atoms with van der Waals surface area (Å²) in [5.74, 6) is 1.00. The van der Waals surface area contributed by atoms with Gasteiger partial charge in [-0.1, -0.05) is 42.5 Å². The Morgan fingerprint density at radius 2 is 1.81 bits per heavy atom. The lowest BCUT2D eigenvalue weighted by Gasteiger charge is -2.16. The summed E-state index contributed by atoms with van der Waals surface area (Å²) in [5, 5.41) is 5.19. The van der Waals surface area contributed by atoms with E-state index in [0.717, 1.165) is 28.4 Å². The van der Waals surface area contributed by atoms with E-state index in [2.05, 4.69) is 21.3 Å². The molecule has 0 bridgehead atoms. The second kappa shape index (κ2) is 9.66. The van der Waals surface area contributed by atoms with Crippen LogP contribution in [0.4, 0.5) is 5.69 Å². The topological polar surface area (TPSA) is 84.4 Å². The van der Waals surface area contributed by atoms with Gasteiger partial charge in [0.15, 0.2) is 5.76 Å². The molecule has 0 aliphatic carbocycles. The summed E-state index contributed by atoms with van der Waals surface area (Å²) in [6.45, 7) is 0.531. The van der Waals surface area contributed by atoms with Gasteiger partial charge in [-0.15, -0.1) is 0 Å². The molecule has 4 aromatic rings. The molecule has 0 saturated heterocycles. The maximum absolute atomic E-state index is 13.1. The Morgan fingerprint density at radius 1 is 1.06 bits per heavy atom. The van der Waals surface area contributed by atoms with E-state index in [-0.39, 0.29) is 11.9 Å². The van der Waals surface area contributed by atoms with Gasteiger partial charge in [-0.25, -0.2) is 4.98 Å². The van der Waals surface area contributed by atoms with Crippen molar-refractivity contribution in [1.29, 1.82) is 0 Å². The van der Waals surface area contributed by atoms with E-state index < -0.39 is 0 Å². The maximum Gasteiger partial charge on any atom is 0.251 e. The van der Waals surface area contributed by atoms with Gasteiger partial charge in [0, 0.05) is 30.9 Å². The van der Waals surface area contributed by atoms with Crippen LogP contribution in [-0.4, -0.2) is 31.5 Å². The highest BCUT2D eigenvalue weighted by atomic mass is 16.4. The molecule has 32 heavy (non-hydrogen) atoms. The Bertz CT molecular complexity index is 1200. The number of carbonyl (C=O) groups is 1. The summed E-state index contributed by atoms with van der Waals surface area (Å²) in [7, 11) is 4.02. The van der Waals surface area contributed by atoms with Gasteiger partial charge in [0.1, 0.15) is 6.04 Å². The summed E-state index contributed by atoms with van der Waals surface area (Å²) in [4.78, 5) is 19.6. The molecule has 3 aromatic carbocycles. The second-order valence-electron chi connectivity index (χ2n) is 8.03. The number of benzene rings is 3. The molecule has 6 nitrogen and oxygen atoms in total. The molecule has 4 rings (SSSR count). The van der Waals surface area contributed by atoms with E-state index in [4.69, 9.17) is 10.2 Å². The van der Waals surface area contributed by atoms with Crippen LogP contribution in [0, 0.1) is 0 Å². The summed E-state index contributed by atoms with van der Waals surface area (Å²) in [6, 6.07) is 21.4. The average molecular weight is 429 g/mol. The van der Waals surface area contributed by atoms with Gasteiger partial charge in [-0.2, -0.15) is 0 Å². The van der Waals surface area contributed by atoms with Crippen LogP contribution in [0.25, 0.3) is 22.1 Å². The first-order valence-electron chi connectivity index (χ1n) is 10.8. The minimum absolute atomic E-state index is 0.162. The van der Waals surface area contributed by atoms with Crippen LogP contribution in [-0.2, 0) is 0 Å². The highest BCUT2D eigenvalue weighted by Crippen LogP contribution is 2.26. The molecule has 0 saturated carbocycles. The van der Waals surface area contributed by atoms with E-state index in [1.807, 2.05) is 74.8 Å². The smallest absolute Gasteiger partial charge is 0.251 e. The summed E-state index contributed by atoms with van der Waals surface area (Å²) < 4.78 is 6.00. The lowest BCUT2D eigenvalue weighted by molar-refractivity contribution is 0.0927. The molecule has 1 heterocycles. The molecule has 0 aliphatic rings. The SMILES string of the molecule is CN(C)c1ccc2cc(C(=O)N[C@@H](CCCN)c3ncc(-c4ccccc4)o3)ccc2c1. The van der Waals surface area contributed by atoms with E-state index >= 15 is 0 Å². The lowest BCUT2D eigenvalue weighted by atomic mass is 10.0. The molecular formula is C26H28N4O2. The number of hydrogen-bond acceptors (Lipinski definition) is 5. The third-order valence-electron chi connectivity index (χ3n) is 5.48. The van der Waals surface area contributed by atoms with Gasteiger partial charge >= 0.3 is 0 Å². The van der Waals surface area contributed by atoms with E-state index in [1.54, 1.807) is 6.20 Å². The lowest BCUT2D eigenvalue weighted by Crippen LogP contribution is -2.29. The molecule has 3 N–H and O–H groups in total. The first-order valence-corrected chi connectivity index (χ1v) is 10.8. The zero-order chi connectivity index (χ0) is 22.5. The quantitative estimate of drug-likeness (QED) is 0.422. The monoisotopic (exact) mass is 428 g/mol. The molecule has 1 amide bonds. The number of nitrogens with two attached hydrogens (primary N) is 1. The molecule has 0 spiro atoms. The Balaban J connectivity index is 1.55. The number of amides is 1. The molecule has 0 fully saturated rings. The molecular weight excluding hydrogens is 400 g/mol. The van der Waals surface area contributed by atoms with Crippen LogP contribution in [0.5, 0.6) is 0 Å². The molecule has 0 radical (unpaired) electrons. The van der Waals surface area contributed by atoms with Crippen molar-refractivity contribution in [3.8, 4) is 11.3 Å². The molecule has 6 heteroatoms. The van der Waals surface area contributed by atoms with Crippen LogP contribution in [0.15, 0.2) is 77.3 Å². The Hall–Kier alpha value is -3.64. The van der Waals surface area contributed by atoms with Crippen molar-refractivity contribution in [3.05, 3.63) is 84.4 Å². The Morgan fingerprint density at radius 3 is 2.56 bits per heavy atom. The van der Waals surface area contributed by atoms with Crippen molar-refractivity contribution in [2.45, 2.75) is 18.9 Å². The summed E-state index contributed by atoms with van der Waals surface area (Å²) in [5.41, 5.74) is 8.39. The van der Waals surface area contributed by atoms with Gasteiger partial charge < -0.3 is 20.4 Å². The first kappa shape index (κ1) is 21.6. The Labute approximate surface area is 188 Å². The molecule has 1 atom stereocenters. The zero-order valence-corrected chi connectivity index (χ0v) is 18.4. The molecule has 0 aliphatic heterocycles. The number of hydrogen-bond donors (Lipinski definition) is 2. The number of fused-ring (bicyclic) bond motifs is 1. The molecule has 0 unspecified atom stereocenters. The van der Waals surface area contributed by atoms with E-state index in [1.165, 1.54) is 0 Å². The standard InChI is InChI=1S/C26H28N4O2/c1-30(2)22-13-12-19-15-21(11-10-20(19)16-22)25(31)29-23(9-6-14-27)26-28-17-24(32-26)18-7-4-3-5-8-18/h3-5,7-8,10-13,15-17,23H,6,9,14,27H2,1-2H3,(H,29,31)/t23-/m0/s1. The minimum atomic E-state index is -0.352. The molecule has 1 aromatic heterocycles. The van der Waals surface area contributed by atoms with Gasteiger partial charge in [0.05, 0.1) is 6.20 Å². The Kier molecular flexibility index (Phi) is 6.52. The van der Waals surface area contributed by atoms with Crippen LogP contribution >= 0.6 is 0 Å². The average Bonchev–Trinajstić information content (AvgIpc) is 3.31. The molecule has 164 valence electrons. The highest BCUT2D eigenvalue weighted by molar-refractivity contribution is 5.99. The predicted molar refractivity (Wildman–Crippen MR) is 129 cm³/mol. The van der Waals surface area contributed by atoms with E-state index in [9.17, 15) is 4.79 Å². The van der Waals surface area contributed by atoms with Gasteiger partial charge in [0.2, 0.25) is 5.89 Å². The van der Waals surface area contributed by atoms with Crippen LogP contribution < -0.4 is 16.0 Å². The minimum Gasteiger partial charge on any atom is -0.438 e. The number of oxazole rings is 1.